The van der Waals surface area contributed by atoms with Crippen molar-refractivity contribution >= 4 is 12.0 Å². The van der Waals surface area contributed by atoms with Gasteiger partial charge in [-0.1, -0.05) is 24.3 Å². The Labute approximate surface area is 161 Å². The topological polar surface area (TPSA) is 42.7 Å². The van der Waals surface area contributed by atoms with Crippen molar-refractivity contribution < 1.29 is 8.78 Å². The molecule has 3 aromatic rings. The minimum Gasteiger partial charge on any atom is -0.324 e. The van der Waals surface area contributed by atoms with E-state index in [4.69, 9.17) is 0 Å². The van der Waals surface area contributed by atoms with Gasteiger partial charge < -0.3 is 5.32 Å². The first-order chi connectivity index (χ1) is 13.7. The maximum atomic E-state index is 13.5. The van der Waals surface area contributed by atoms with Crippen molar-refractivity contribution in [3.8, 4) is 0 Å². The van der Waals surface area contributed by atoms with E-state index in [0.29, 0.717) is 5.95 Å². The Morgan fingerprint density at radius 1 is 0.964 bits per heavy atom. The van der Waals surface area contributed by atoms with E-state index in [1.54, 1.807) is 24.3 Å². The average molecular weight is 376 g/mol. The molecule has 1 aliphatic carbocycles. The smallest absolute Gasteiger partial charge is 0.226 e. The maximum absolute atomic E-state index is 13.5. The van der Waals surface area contributed by atoms with Gasteiger partial charge in [0.05, 0.1) is 0 Å². The van der Waals surface area contributed by atoms with Crippen LogP contribution in [-0.4, -0.2) is 14.8 Å². The van der Waals surface area contributed by atoms with Gasteiger partial charge in [0.25, 0.3) is 0 Å². The molecule has 6 heteroatoms. The molecule has 0 unspecified atom stereocenters. The molecule has 1 N–H and O–H groups in total. The van der Waals surface area contributed by atoms with Gasteiger partial charge >= 0.3 is 0 Å². The Hall–Kier alpha value is -3.28. The number of halogens is 2. The number of rotatable bonds is 2. The van der Waals surface area contributed by atoms with Gasteiger partial charge in [0, 0.05) is 5.70 Å². The van der Waals surface area contributed by atoms with Crippen molar-refractivity contribution in [2.45, 2.75) is 25.3 Å². The molecule has 1 aromatic heterocycles. The highest BCUT2D eigenvalue weighted by molar-refractivity contribution is 5.65. The van der Waals surface area contributed by atoms with E-state index in [0.717, 1.165) is 41.7 Å². The third-order valence-corrected chi connectivity index (χ3v) is 5.32. The first kappa shape index (κ1) is 16.9. The molecule has 0 saturated heterocycles. The lowest BCUT2D eigenvalue weighted by atomic mass is 9.83. The molecule has 28 heavy (non-hydrogen) atoms. The normalized spacial score (nSPS) is 19.9. The van der Waals surface area contributed by atoms with Crippen molar-refractivity contribution in [3.05, 3.63) is 94.5 Å². The zero-order valence-electron chi connectivity index (χ0n) is 15.1. The second-order valence-electron chi connectivity index (χ2n) is 7.08. The quantitative estimate of drug-likeness (QED) is 0.677. The summed E-state index contributed by atoms with van der Waals surface area (Å²) in [7, 11) is 0. The van der Waals surface area contributed by atoms with Crippen molar-refractivity contribution in [1.82, 2.24) is 14.8 Å². The lowest BCUT2D eigenvalue weighted by Crippen LogP contribution is -2.28. The number of hydrogen-bond acceptors (Lipinski definition) is 3. The van der Waals surface area contributed by atoms with Crippen LogP contribution in [0.1, 0.15) is 36.4 Å². The largest absolute Gasteiger partial charge is 0.324 e. The van der Waals surface area contributed by atoms with Crippen LogP contribution in [0.25, 0.3) is 6.08 Å². The van der Waals surface area contributed by atoms with Gasteiger partial charge in [-0.05, 0) is 71.9 Å². The van der Waals surface area contributed by atoms with E-state index < -0.39 is 0 Å². The number of hydrogen-bond donors (Lipinski definition) is 1. The highest BCUT2D eigenvalue weighted by Gasteiger charge is 2.33. The SMILES string of the molecule is Fc1ccc(C=C2CCCC3=C2Nc2ncnn2[C@@H]3c2ccc(F)cc2)cc1. The molecule has 2 aliphatic rings. The Balaban J connectivity index is 1.63. The van der Waals surface area contributed by atoms with Gasteiger partial charge in [-0.2, -0.15) is 10.1 Å². The Morgan fingerprint density at radius 3 is 2.43 bits per heavy atom. The first-order valence-corrected chi connectivity index (χ1v) is 9.30. The number of fused-ring (bicyclic) bond motifs is 1. The van der Waals surface area contributed by atoms with E-state index >= 15 is 0 Å². The summed E-state index contributed by atoms with van der Waals surface area (Å²) in [5.74, 6) is 0.164. The van der Waals surface area contributed by atoms with Crippen LogP contribution < -0.4 is 5.32 Å². The van der Waals surface area contributed by atoms with Crippen LogP contribution in [0.3, 0.4) is 0 Å². The van der Waals surface area contributed by atoms with E-state index in [1.165, 1.54) is 36.2 Å². The first-order valence-electron chi connectivity index (χ1n) is 9.30. The number of aromatic nitrogens is 3. The fourth-order valence-corrected chi connectivity index (χ4v) is 4.04. The van der Waals surface area contributed by atoms with Crippen LogP contribution in [0.4, 0.5) is 14.7 Å². The molecule has 0 fully saturated rings. The third-order valence-electron chi connectivity index (χ3n) is 5.32. The Bertz CT molecular complexity index is 1080. The van der Waals surface area contributed by atoms with Gasteiger partial charge in [-0.3, -0.25) is 0 Å². The molecule has 2 aromatic carbocycles. The highest BCUT2D eigenvalue weighted by atomic mass is 19.1. The molecule has 0 spiro atoms. The second-order valence-corrected chi connectivity index (χ2v) is 7.08. The molecule has 5 rings (SSSR count). The van der Waals surface area contributed by atoms with Gasteiger partial charge in [0.15, 0.2) is 0 Å². The number of nitrogens with one attached hydrogen (secondary N) is 1. The van der Waals surface area contributed by atoms with E-state index in [1.807, 2.05) is 4.68 Å². The van der Waals surface area contributed by atoms with Crippen molar-refractivity contribution in [3.63, 3.8) is 0 Å². The summed E-state index contributed by atoms with van der Waals surface area (Å²) in [6, 6.07) is 12.9. The molecular weight excluding hydrogens is 358 g/mol. The summed E-state index contributed by atoms with van der Waals surface area (Å²) in [6.45, 7) is 0. The number of benzene rings is 2. The molecule has 0 saturated carbocycles. The van der Waals surface area contributed by atoms with Gasteiger partial charge in [0.2, 0.25) is 5.95 Å². The molecule has 4 nitrogen and oxygen atoms in total. The molecule has 0 amide bonds. The average Bonchev–Trinajstić information content (AvgIpc) is 3.17. The molecule has 140 valence electrons. The Morgan fingerprint density at radius 2 is 1.68 bits per heavy atom. The summed E-state index contributed by atoms with van der Waals surface area (Å²) in [5, 5.41) is 7.83. The maximum Gasteiger partial charge on any atom is 0.226 e. The molecule has 1 aliphatic heterocycles. The van der Waals surface area contributed by atoms with Crippen LogP contribution in [0.2, 0.25) is 0 Å². The summed E-state index contributed by atoms with van der Waals surface area (Å²) < 4.78 is 28.6. The third kappa shape index (κ3) is 2.91. The second kappa shape index (κ2) is 6.71. The van der Waals surface area contributed by atoms with Gasteiger partial charge in [0.1, 0.15) is 24.0 Å². The fourth-order valence-electron chi connectivity index (χ4n) is 4.04. The molecule has 2 heterocycles. The predicted octanol–water partition coefficient (Wildman–Crippen LogP) is 5.09. The van der Waals surface area contributed by atoms with Crippen molar-refractivity contribution in [2.24, 2.45) is 0 Å². The zero-order valence-corrected chi connectivity index (χ0v) is 15.1. The molecule has 1 atom stereocenters. The lowest BCUT2D eigenvalue weighted by Gasteiger charge is -2.34. The lowest BCUT2D eigenvalue weighted by molar-refractivity contribution is 0.536. The predicted molar refractivity (Wildman–Crippen MR) is 103 cm³/mol. The van der Waals surface area contributed by atoms with E-state index in [9.17, 15) is 8.78 Å². The number of anilines is 1. The fraction of sp³-hybridized carbons (Fsp3) is 0.182. The summed E-state index contributed by atoms with van der Waals surface area (Å²) in [4.78, 5) is 4.35. The van der Waals surface area contributed by atoms with E-state index in [-0.39, 0.29) is 17.7 Å². The zero-order chi connectivity index (χ0) is 19.1. The van der Waals surface area contributed by atoms with Crippen LogP contribution in [0, 0.1) is 11.6 Å². The molecule has 0 radical (unpaired) electrons. The van der Waals surface area contributed by atoms with E-state index in [2.05, 4.69) is 21.5 Å². The summed E-state index contributed by atoms with van der Waals surface area (Å²) in [5.41, 5.74) is 5.35. The highest BCUT2D eigenvalue weighted by Crippen LogP contribution is 2.43. The minimum absolute atomic E-state index is 0.119. The number of allylic oxidation sites excluding steroid dienone is 2. The van der Waals surface area contributed by atoms with Gasteiger partial charge in [-0.15, -0.1) is 0 Å². The minimum atomic E-state index is -0.258. The summed E-state index contributed by atoms with van der Waals surface area (Å²) >= 11 is 0. The summed E-state index contributed by atoms with van der Waals surface area (Å²) in [6.07, 6.45) is 6.47. The van der Waals surface area contributed by atoms with Gasteiger partial charge in [-0.25, -0.2) is 13.5 Å². The van der Waals surface area contributed by atoms with Crippen LogP contribution in [0.15, 0.2) is 71.7 Å². The van der Waals surface area contributed by atoms with Crippen LogP contribution >= 0.6 is 0 Å². The monoisotopic (exact) mass is 376 g/mol. The van der Waals surface area contributed by atoms with Crippen LogP contribution in [0.5, 0.6) is 0 Å². The molecule has 0 bridgehead atoms. The van der Waals surface area contributed by atoms with Crippen molar-refractivity contribution in [2.75, 3.05) is 5.32 Å². The Kier molecular flexibility index (Phi) is 4.04. The van der Waals surface area contributed by atoms with Crippen molar-refractivity contribution in [1.29, 1.82) is 0 Å². The number of nitrogens with zero attached hydrogens (tertiary/aromatic N) is 3. The molecular formula is C22H18F2N4. The van der Waals surface area contributed by atoms with Crippen LogP contribution in [-0.2, 0) is 0 Å². The standard InChI is InChI=1S/C22H18F2N4/c23-17-8-4-14(5-9-17)12-16-2-1-3-19-20(16)27-22-25-13-26-28(22)21(19)15-6-10-18(24)11-7-15/h4-13,21H,1-3H2,(H,25,26,27)/t21-/m1/s1.